The highest BCUT2D eigenvalue weighted by atomic mass is 79.9. The van der Waals surface area contributed by atoms with Gasteiger partial charge in [0.2, 0.25) is 0 Å². The van der Waals surface area contributed by atoms with Crippen LogP contribution >= 0.6 is 27.3 Å². The molecule has 2 N–H and O–H groups in total. The molecule has 0 aliphatic heterocycles. The van der Waals surface area contributed by atoms with E-state index >= 15 is 0 Å². The molecule has 1 atom stereocenters. The van der Waals surface area contributed by atoms with Gasteiger partial charge in [0, 0.05) is 28.3 Å². The van der Waals surface area contributed by atoms with Crippen LogP contribution in [-0.4, -0.2) is 15.4 Å². The third kappa shape index (κ3) is 3.45. The Labute approximate surface area is 135 Å². The zero-order valence-electron chi connectivity index (χ0n) is 11.6. The van der Waals surface area contributed by atoms with Crippen molar-refractivity contribution < 1.29 is 4.74 Å². The Morgan fingerprint density at radius 2 is 2.33 bits per heavy atom. The van der Waals surface area contributed by atoms with Crippen molar-refractivity contribution in [2.75, 3.05) is 0 Å². The van der Waals surface area contributed by atoms with Crippen LogP contribution in [0.3, 0.4) is 0 Å². The molecule has 4 nitrogen and oxygen atoms in total. The van der Waals surface area contributed by atoms with E-state index in [0.29, 0.717) is 6.61 Å². The maximum absolute atomic E-state index is 5.87. The highest BCUT2D eigenvalue weighted by molar-refractivity contribution is 9.10. The summed E-state index contributed by atoms with van der Waals surface area (Å²) in [5.41, 5.74) is 7.96. The van der Waals surface area contributed by atoms with E-state index < -0.39 is 0 Å². The van der Waals surface area contributed by atoms with Crippen LogP contribution in [0.1, 0.15) is 18.2 Å². The number of hydrogen-bond donors (Lipinski definition) is 1. The molecule has 0 radical (unpaired) electrons. The van der Waals surface area contributed by atoms with Gasteiger partial charge in [-0.25, -0.2) is 4.98 Å². The normalized spacial score (nSPS) is 12.7. The SMILES string of the molecule is CC(N)Cc1cc(OCc2cn3ccsc3n2)ccc1Br. The first kappa shape index (κ1) is 14.6. The molecule has 6 heteroatoms. The molecule has 21 heavy (non-hydrogen) atoms. The third-order valence-electron chi connectivity index (χ3n) is 3.09. The van der Waals surface area contributed by atoms with Crippen LogP contribution in [0.2, 0.25) is 0 Å². The molecule has 110 valence electrons. The maximum atomic E-state index is 5.87. The largest absolute Gasteiger partial charge is 0.487 e. The van der Waals surface area contributed by atoms with Crippen LogP contribution in [0, 0.1) is 0 Å². The minimum atomic E-state index is 0.122. The summed E-state index contributed by atoms with van der Waals surface area (Å²) in [5, 5.41) is 2.02. The fraction of sp³-hybridized carbons (Fsp3) is 0.267. The van der Waals surface area contributed by atoms with Crippen LogP contribution < -0.4 is 10.5 Å². The Morgan fingerprint density at radius 3 is 3.10 bits per heavy atom. The number of benzene rings is 1. The molecule has 0 aliphatic carbocycles. The van der Waals surface area contributed by atoms with E-state index in [1.807, 2.05) is 47.3 Å². The van der Waals surface area contributed by atoms with Gasteiger partial charge in [0.1, 0.15) is 12.4 Å². The van der Waals surface area contributed by atoms with E-state index in [1.165, 1.54) is 0 Å². The smallest absolute Gasteiger partial charge is 0.193 e. The van der Waals surface area contributed by atoms with Crippen molar-refractivity contribution in [2.45, 2.75) is 26.0 Å². The van der Waals surface area contributed by atoms with Gasteiger partial charge in [-0.1, -0.05) is 15.9 Å². The quantitative estimate of drug-likeness (QED) is 0.750. The average molecular weight is 366 g/mol. The molecule has 0 aliphatic rings. The maximum Gasteiger partial charge on any atom is 0.193 e. The number of halogens is 1. The second-order valence-corrected chi connectivity index (χ2v) is 6.78. The van der Waals surface area contributed by atoms with Gasteiger partial charge in [-0.15, -0.1) is 11.3 Å². The van der Waals surface area contributed by atoms with Gasteiger partial charge < -0.3 is 10.5 Å². The number of nitrogens with zero attached hydrogens (tertiary/aromatic N) is 2. The molecule has 1 unspecified atom stereocenters. The van der Waals surface area contributed by atoms with Crippen molar-refractivity contribution >= 4 is 32.2 Å². The molecule has 3 aromatic rings. The Morgan fingerprint density at radius 1 is 1.48 bits per heavy atom. The highest BCUT2D eigenvalue weighted by Crippen LogP contribution is 2.24. The van der Waals surface area contributed by atoms with Crippen LogP contribution in [-0.2, 0) is 13.0 Å². The van der Waals surface area contributed by atoms with Crippen molar-refractivity contribution in [3.05, 3.63) is 51.7 Å². The fourth-order valence-corrected chi connectivity index (χ4v) is 3.27. The summed E-state index contributed by atoms with van der Waals surface area (Å²) in [6.07, 6.45) is 4.81. The summed E-state index contributed by atoms with van der Waals surface area (Å²) in [6.45, 7) is 2.46. The molecule has 0 spiro atoms. The number of rotatable bonds is 5. The van der Waals surface area contributed by atoms with Crippen molar-refractivity contribution in [1.29, 1.82) is 0 Å². The highest BCUT2D eigenvalue weighted by Gasteiger charge is 2.07. The summed E-state index contributed by atoms with van der Waals surface area (Å²) in [6, 6.07) is 6.11. The lowest BCUT2D eigenvalue weighted by Crippen LogP contribution is -2.18. The number of aromatic nitrogens is 2. The Balaban J connectivity index is 1.71. The Hall–Kier alpha value is -1.37. The first-order valence-electron chi connectivity index (χ1n) is 6.69. The summed E-state index contributed by atoms with van der Waals surface area (Å²) in [7, 11) is 0. The predicted molar refractivity (Wildman–Crippen MR) is 88.9 cm³/mol. The van der Waals surface area contributed by atoms with Crippen LogP contribution in [0.4, 0.5) is 0 Å². The van der Waals surface area contributed by atoms with Gasteiger partial charge in [0.05, 0.1) is 5.69 Å². The van der Waals surface area contributed by atoms with E-state index in [1.54, 1.807) is 11.3 Å². The van der Waals surface area contributed by atoms with E-state index in [9.17, 15) is 0 Å². The van der Waals surface area contributed by atoms with Crippen molar-refractivity contribution in [3.63, 3.8) is 0 Å². The van der Waals surface area contributed by atoms with Crippen LogP contribution in [0.25, 0.3) is 4.96 Å². The summed E-state index contributed by atoms with van der Waals surface area (Å²) in [5.74, 6) is 0.838. The minimum absolute atomic E-state index is 0.122. The molecule has 2 aromatic heterocycles. The number of thiazole rings is 1. The van der Waals surface area contributed by atoms with Gasteiger partial charge in [-0.05, 0) is 37.1 Å². The average Bonchev–Trinajstić information content (AvgIpc) is 3.00. The number of ether oxygens (including phenoxy) is 1. The lowest BCUT2D eigenvalue weighted by Gasteiger charge is -2.10. The third-order valence-corrected chi connectivity index (χ3v) is 4.63. The molecular weight excluding hydrogens is 350 g/mol. The topological polar surface area (TPSA) is 52.5 Å². The van der Waals surface area contributed by atoms with Gasteiger partial charge >= 0.3 is 0 Å². The number of hydrogen-bond acceptors (Lipinski definition) is 4. The summed E-state index contributed by atoms with van der Waals surface area (Å²) < 4.78 is 8.91. The summed E-state index contributed by atoms with van der Waals surface area (Å²) >= 11 is 5.16. The lowest BCUT2D eigenvalue weighted by atomic mass is 10.1. The van der Waals surface area contributed by atoms with E-state index in [0.717, 1.165) is 32.9 Å². The standard InChI is InChI=1S/C15H16BrN3OS/c1-10(17)6-11-7-13(2-3-14(11)16)20-9-12-8-19-4-5-21-15(19)18-12/h2-5,7-8,10H,6,9,17H2,1H3. The monoisotopic (exact) mass is 365 g/mol. The van der Waals surface area contributed by atoms with Gasteiger partial charge in [-0.2, -0.15) is 0 Å². The number of nitrogens with two attached hydrogens (primary N) is 1. The Bertz CT molecular complexity index is 722. The minimum Gasteiger partial charge on any atom is -0.487 e. The second kappa shape index (κ2) is 6.17. The molecule has 0 saturated heterocycles. The van der Waals surface area contributed by atoms with Crippen molar-refractivity contribution in [2.24, 2.45) is 5.73 Å². The molecule has 0 bridgehead atoms. The molecule has 0 saturated carbocycles. The van der Waals surface area contributed by atoms with Crippen molar-refractivity contribution in [1.82, 2.24) is 9.38 Å². The Kier molecular flexibility index (Phi) is 4.28. The van der Waals surface area contributed by atoms with Gasteiger partial charge in [0.25, 0.3) is 0 Å². The second-order valence-electron chi connectivity index (χ2n) is 5.05. The molecule has 2 heterocycles. The lowest BCUT2D eigenvalue weighted by molar-refractivity contribution is 0.301. The molecule has 1 aromatic carbocycles. The first-order chi connectivity index (χ1) is 10.1. The zero-order valence-corrected chi connectivity index (χ0v) is 14.0. The fourth-order valence-electron chi connectivity index (χ4n) is 2.15. The number of fused-ring (bicyclic) bond motifs is 1. The van der Waals surface area contributed by atoms with Crippen molar-refractivity contribution in [3.8, 4) is 5.75 Å². The van der Waals surface area contributed by atoms with Crippen LogP contribution in [0.15, 0.2) is 40.4 Å². The van der Waals surface area contributed by atoms with E-state index in [-0.39, 0.29) is 6.04 Å². The summed E-state index contributed by atoms with van der Waals surface area (Å²) in [4.78, 5) is 5.49. The molecular formula is C15H16BrN3OS. The van der Waals surface area contributed by atoms with E-state index in [4.69, 9.17) is 10.5 Å². The van der Waals surface area contributed by atoms with Gasteiger partial charge in [0.15, 0.2) is 4.96 Å². The zero-order chi connectivity index (χ0) is 14.8. The van der Waals surface area contributed by atoms with Crippen LogP contribution in [0.5, 0.6) is 5.75 Å². The van der Waals surface area contributed by atoms with Gasteiger partial charge in [-0.3, -0.25) is 4.40 Å². The molecule has 0 fully saturated rings. The first-order valence-corrected chi connectivity index (χ1v) is 8.37. The molecule has 3 rings (SSSR count). The number of imidazole rings is 1. The predicted octanol–water partition coefficient (Wildman–Crippen LogP) is 3.63. The molecule has 0 amide bonds. The van der Waals surface area contributed by atoms with E-state index in [2.05, 4.69) is 20.9 Å².